The van der Waals surface area contributed by atoms with Gasteiger partial charge in [-0.3, -0.25) is 18.6 Å². The average Bonchev–Trinajstić information content (AvgIpc) is 1.35. The fourth-order valence-electron chi connectivity index (χ4n) is 13.9. The van der Waals surface area contributed by atoms with E-state index in [1.165, 1.54) is 417 Å². The Balaban J connectivity index is 3.69. The number of carbonyl (C=O) groups excluding carboxylic acids is 2. The number of phosphoric acid groups is 1. The van der Waals surface area contributed by atoms with E-state index >= 15 is 0 Å². The molecule has 586 valence electrons. The zero-order valence-electron chi connectivity index (χ0n) is 66.5. The molecule has 0 spiro atoms. The van der Waals surface area contributed by atoms with Crippen LogP contribution in [0.3, 0.4) is 0 Å². The summed E-state index contributed by atoms with van der Waals surface area (Å²) in [4.78, 5) is 35.5. The number of allylic oxidation sites excluding steroid dienone is 6. The summed E-state index contributed by atoms with van der Waals surface area (Å²) < 4.78 is 33.3. The molecule has 0 fully saturated rings. The van der Waals surface area contributed by atoms with Gasteiger partial charge in [0.15, 0.2) is 6.10 Å². The van der Waals surface area contributed by atoms with Crippen LogP contribution in [0.5, 0.6) is 0 Å². The molecule has 2 unspecified atom stereocenters. The molecule has 3 N–H and O–H groups in total. The Hall–Kier alpha value is -1.77. The normalized spacial score (nSPS) is 12.9. The van der Waals surface area contributed by atoms with Gasteiger partial charge < -0.3 is 20.1 Å². The van der Waals surface area contributed by atoms with Crippen molar-refractivity contribution in [1.82, 2.24) is 0 Å². The second-order valence-corrected chi connectivity index (χ2v) is 31.9. The second-order valence-electron chi connectivity index (χ2n) is 30.5. The quantitative estimate of drug-likeness (QED) is 0.0264. The van der Waals surface area contributed by atoms with E-state index in [4.69, 9.17) is 24.3 Å². The topological polar surface area (TPSA) is 134 Å². The van der Waals surface area contributed by atoms with Crippen molar-refractivity contribution in [2.24, 2.45) is 5.73 Å². The molecule has 0 aliphatic carbocycles. The third-order valence-electron chi connectivity index (χ3n) is 20.5. The Morgan fingerprint density at radius 2 is 0.525 bits per heavy atom. The lowest BCUT2D eigenvalue weighted by molar-refractivity contribution is -0.161. The number of nitrogens with two attached hydrogens (primary N) is 1. The molecule has 0 aromatic heterocycles. The van der Waals surface area contributed by atoms with Crippen molar-refractivity contribution < 1.29 is 37.6 Å². The first-order valence-electron chi connectivity index (χ1n) is 44.5. The van der Waals surface area contributed by atoms with Gasteiger partial charge >= 0.3 is 19.8 Å². The first-order valence-corrected chi connectivity index (χ1v) is 46.0. The van der Waals surface area contributed by atoms with Crippen LogP contribution in [0, 0.1) is 0 Å². The van der Waals surface area contributed by atoms with Gasteiger partial charge in [0.25, 0.3) is 0 Å². The number of phosphoric ester groups is 1. The first-order chi connectivity index (χ1) is 48.8. The first kappa shape index (κ1) is 97.2. The predicted molar refractivity (Wildman–Crippen MR) is 432 cm³/mol. The molecule has 0 radical (unpaired) electrons. The lowest BCUT2D eigenvalue weighted by atomic mass is 10.0. The van der Waals surface area contributed by atoms with E-state index in [2.05, 4.69) is 50.3 Å². The number of rotatable bonds is 86. The van der Waals surface area contributed by atoms with Crippen LogP contribution in [0.15, 0.2) is 36.5 Å². The summed E-state index contributed by atoms with van der Waals surface area (Å²) >= 11 is 0. The maximum atomic E-state index is 12.8. The van der Waals surface area contributed by atoms with Crippen molar-refractivity contribution in [1.29, 1.82) is 0 Å². The van der Waals surface area contributed by atoms with Gasteiger partial charge in [0.05, 0.1) is 13.2 Å². The van der Waals surface area contributed by atoms with Crippen LogP contribution >= 0.6 is 7.82 Å². The summed E-state index contributed by atoms with van der Waals surface area (Å²) in [5.74, 6) is -0.797. The minimum absolute atomic E-state index is 0.0573. The highest BCUT2D eigenvalue weighted by Gasteiger charge is 2.26. The summed E-state index contributed by atoms with van der Waals surface area (Å²) in [6, 6.07) is 0. The van der Waals surface area contributed by atoms with E-state index in [-0.39, 0.29) is 38.6 Å². The minimum atomic E-state index is -4.40. The van der Waals surface area contributed by atoms with Crippen molar-refractivity contribution >= 4 is 19.8 Å². The summed E-state index contributed by atoms with van der Waals surface area (Å²) in [7, 11) is -4.40. The van der Waals surface area contributed by atoms with Crippen LogP contribution < -0.4 is 5.73 Å². The van der Waals surface area contributed by atoms with Gasteiger partial charge in [0, 0.05) is 19.4 Å². The Kier molecular flexibility index (Phi) is 83.6. The number of esters is 2. The second kappa shape index (κ2) is 85.2. The van der Waals surface area contributed by atoms with E-state index in [1.54, 1.807) is 0 Å². The molecule has 0 heterocycles. The average molecular weight is 1420 g/mol. The van der Waals surface area contributed by atoms with Gasteiger partial charge in [-0.25, -0.2) is 4.57 Å². The molecule has 2 atom stereocenters. The Labute approximate surface area is 617 Å². The third kappa shape index (κ3) is 85.1. The van der Waals surface area contributed by atoms with Crippen LogP contribution in [0.2, 0.25) is 0 Å². The van der Waals surface area contributed by atoms with Gasteiger partial charge in [0.1, 0.15) is 6.61 Å². The molecule has 0 amide bonds. The molecule has 0 aromatic carbocycles. The predicted octanol–water partition coefficient (Wildman–Crippen LogP) is 30.1. The third-order valence-corrected chi connectivity index (χ3v) is 21.5. The summed E-state index contributed by atoms with van der Waals surface area (Å²) in [5.41, 5.74) is 5.43. The van der Waals surface area contributed by atoms with Gasteiger partial charge in [-0.15, -0.1) is 0 Å². The van der Waals surface area contributed by atoms with E-state index in [0.717, 1.165) is 38.5 Å². The molecule has 0 saturated carbocycles. The fraction of sp³-hybridized carbons (Fsp3) is 0.910. The zero-order valence-corrected chi connectivity index (χ0v) is 67.4. The number of hydrogen-bond donors (Lipinski definition) is 2. The van der Waals surface area contributed by atoms with Crippen LogP contribution in [0.1, 0.15) is 489 Å². The van der Waals surface area contributed by atoms with Crippen molar-refractivity contribution in [2.75, 3.05) is 26.4 Å². The molecule has 10 heteroatoms. The standard InChI is InChI=1S/C89H172NO8P/c1-3-5-7-9-11-13-15-17-19-21-23-25-27-29-31-33-35-37-39-41-43-45-47-49-51-53-55-57-59-61-63-65-67-69-71-73-75-77-79-81-88(91)95-85-87(86-97-99(93,94)96-84-83-90)98-89(92)82-80-78-76-74-72-70-68-66-64-62-60-58-56-54-52-50-48-46-44-42-40-38-36-34-32-30-28-26-24-22-20-18-16-14-12-10-8-6-4-2/h16,18,21-24,87H,3-15,17,19-20,25-86,90H2,1-2H3,(H,93,94)/b18-16-,23-21-,24-22-. The molecule has 0 bridgehead atoms. The molecule has 0 rings (SSSR count). The van der Waals surface area contributed by atoms with Crippen molar-refractivity contribution in [3.63, 3.8) is 0 Å². The van der Waals surface area contributed by atoms with Crippen LogP contribution in [0.4, 0.5) is 0 Å². The highest BCUT2D eigenvalue weighted by atomic mass is 31.2. The number of hydrogen-bond acceptors (Lipinski definition) is 8. The maximum absolute atomic E-state index is 12.8. The van der Waals surface area contributed by atoms with Gasteiger partial charge in [-0.2, -0.15) is 0 Å². The molecule has 0 aliphatic heterocycles. The SMILES string of the molecule is CCCCCCC/C=C\C/C=C\CCCCCCCCCCCCCCCCCCCCCCCCCCCCCC(=O)OC(COC(=O)CCCCCCCCCCCCCCCCCCCCCCCCCCCCC/C=C\CCCCCCCCCC)COP(=O)(O)OCCN. The molecule has 0 aromatic rings. The zero-order chi connectivity index (χ0) is 71.5. The Bertz CT molecular complexity index is 1720. The minimum Gasteiger partial charge on any atom is -0.462 e. The Morgan fingerprint density at radius 3 is 0.778 bits per heavy atom. The summed E-state index contributed by atoms with van der Waals surface area (Å²) in [5, 5.41) is 0. The van der Waals surface area contributed by atoms with Crippen molar-refractivity contribution in [2.45, 2.75) is 495 Å². The fourth-order valence-corrected chi connectivity index (χ4v) is 14.7. The Morgan fingerprint density at radius 1 is 0.303 bits per heavy atom. The van der Waals surface area contributed by atoms with Crippen molar-refractivity contribution in [3.05, 3.63) is 36.5 Å². The molecule has 99 heavy (non-hydrogen) atoms. The number of unbranched alkanes of at least 4 members (excludes halogenated alkanes) is 67. The van der Waals surface area contributed by atoms with Crippen LogP contribution in [-0.2, 0) is 32.7 Å². The van der Waals surface area contributed by atoms with Gasteiger partial charge in [-0.1, -0.05) is 442 Å². The monoisotopic (exact) mass is 1410 g/mol. The largest absolute Gasteiger partial charge is 0.472 e. The van der Waals surface area contributed by atoms with E-state index < -0.39 is 26.5 Å². The highest BCUT2D eigenvalue weighted by molar-refractivity contribution is 7.47. The van der Waals surface area contributed by atoms with Crippen molar-refractivity contribution in [3.8, 4) is 0 Å². The summed E-state index contributed by atoms with van der Waals surface area (Å²) in [6.07, 6.45) is 111. The van der Waals surface area contributed by atoms with E-state index in [9.17, 15) is 19.0 Å². The highest BCUT2D eigenvalue weighted by Crippen LogP contribution is 2.43. The van der Waals surface area contributed by atoms with E-state index in [0.29, 0.717) is 6.42 Å². The molecule has 0 saturated heterocycles. The number of ether oxygens (including phenoxy) is 2. The maximum Gasteiger partial charge on any atom is 0.472 e. The lowest BCUT2D eigenvalue weighted by Crippen LogP contribution is -2.29. The van der Waals surface area contributed by atoms with E-state index in [1.807, 2.05) is 0 Å². The summed E-state index contributed by atoms with van der Waals surface area (Å²) in [6.45, 7) is 3.83. The molecular weight excluding hydrogens is 1240 g/mol. The lowest BCUT2D eigenvalue weighted by Gasteiger charge is -2.19. The van der Waals surface area contributed by atoms with Gasteiger partial charge in [-0.05, 0) is 70.6 Å². The molecule has 9 nitrogen and oxygen atoms in total. The van der Waals surface area contributed by atoms with Gasteiger partial charge in [0.2, 0.25) is 0 Å². The molecule has 0 aliphatic rings. The van der Waals surface area contributed by atoms with Crippen LogP contribution in [-0.4, -0.2) is 49.3 Å². The smallest absolute Gasteiger partial charge is 0.462 e. The number of carbonyl (C=O) groups is 2. The van der Waals surface area contributed by atoms with Crippen LogP contribution in [0.25, 0.3) is 0 Å². The molecular formula is C89H172NO8P.